The first-order valence-electron chi connectivity index (χ1n) is 10.8. The van der Waals surface area contributed by atoms with E-state index in [9.17, 15) is 22.4 Å². The van der Waals surface area contributed by atoms with Crippen molar-refractivity contribution in [3.05, 3.63) is 77.1 Å². The number of ketones is 1. The van der Waals surface area contributed by atoms with Crippen LogP contribution in [0.3, 0.4) is 0 Å². The molecule has 1 N–H and O–H groups in total. The van der Waals surface area contributed by atoms with Crippen molar-refractivity contribution in [1.29, 1.82) is 0 Å². The van der Waals surface area contributed by atoms with E-state index >= 15 is 0 Å². The molecule has 1 heterocycles. The minimum absolute atomic E-state index is 0.0879. The number of carbonyl (C=O) groups excluding carboxylic acids is 1. The van der Waals surface area contributed by atoms with Crippen LogP contribution in [0.5, 0.6) is 0 Å². The van der Waals surface area contributed by atoms with Crippen LogP contribution in [0.4, 0.5) is 17.6 Å². The molecule has 9 heteroatoms. The predicted molar refractivity (Wildman–Crippen MR) is 124 cm³/mol. The van der Waals surface area contributed by atoms with E-state index < -0.39 is 18.2 Å². The van der Waals surface area contributed by atoms with Crippen LogP contribution in [0.15, 0.2) is 60.2 Å². The average Bonchev–Trinajstić information content (AvgIpc) is 3.63. The highest BCUT2D eigenvalue weighted by molar-refractivity contribution is 7.81. The van der Waals surface area contributed by atoms with Crippen molar-refractivity contribution >= 4 is 30.5 Å². The van der Waals surface area contributed by atoms with Gasteiger partial charge in [-0.15, -0.1) is 0 Å². The van der Waals surface area contributed by atoms with E-state index in [4.69, 9.17) is 22.5 Å². The number of likely N-dealkylation sites (tertiary alicyclic amines) is 1. The molecule has 2 aromatic rings. The van der Waals surface area contributed by atoms with E-state index in [2.05, 4.69) is 23.1 Å². The van der Waals surface area contributed by atoms with Crippen LogP contribution in [0.2, 0.25) is 0 Å². The Bertz CT molecular complexity index is 1040. The highest BCUT2D eigenvalue weighted by Crippen LogP contribution is 2.39. The number of piperidine rings is 1. The number of carboxylic acid groups (broad SMARTS) is 1. The summed E-state index contributed by atoms with van der Waals surface area (Å²) in [6.45, 7) is 1.39. The summed E-state index contributed by atoms with van der Waals surface area (Å²) in [4.78, 5) is 24.1. The summed E-state index contributed by atoms with van der Waals surface area (Å²) >= 11 is 4.75. The second-order valence-corrected chi connectivity index (χ2v) is 8.93. The number of Topliss-reactive ketones (excluding diaryl/α,β-unsaturated/α-hetero) is 1. The van der Waals surface area contributed by atoms with Gasteiger partial charge in [0.25, 0.3) is 0 Å². The van der Waals surface area contributed by atoms with Gasteiger partial charge < -0.3 is 5.11 Å². The zero-order valence-electron chi connectivity index (χ0n) is 18.2. The Kier molecular flexibility index (Phi) is 8.54. The fraction of sp³-hybridized carbons (Fsp3) is 0.360. The van der Waals surface area contributed by atoms with Gasteiger partial charge >= 0.3 is 12.1 Å². The number of alkyl halides is 3. The normalized spacial score (nSPS) is 20.9. The quantitative estimate of drug-likeness (QED) is 0.421. The maximum atomic E-state index is 14.6. The zero-order valence-corrected chi connectivity index (χ0v) is 19.1. The van der Waals surface area contributed by atoms with Gasteiger partial charge in [0.15, 0.2) is 5.78 Å². The first-order chi connectivity index (χ1) is 16.1. The van der Waals surface area contributed by atoms with Crippen LogP contribution in [-0.2, 0) is 9.59 Å². The molecule has 0 amide bonds. The van der Waals surface area contributed by atoms with Crippen molar-refractivity contribution in [2.45, 2.75) is 36.7 Å². The molecule has 4 rings (SSSR count). The Morgan fingerprint density at radius 1 is 1.03 bits per heavy atom. The largest absolute Gasteiger partial charge is 0.490 e. The minimum atomic E-state index is -5.08. The molecule has 2 fully saturated rings. The average molecular weight is 496 g/mol. The van der Waals surface area contributed by atoms with Crippen LogP contribution < -0.4 is 0 Å². The highest BCUT2D eigenvalue weighted by atomic mass is 32.1. The second-order valence-electron chi connectivity index (χ2n) is 8.31. The summed E-state index contributed by atoms with van der Waals surface area (Å²) in [5, 5.41) is 7.29. The lowest BCUT2D eigenvalue weighted by molar-refractivity contribution is -0.192. The smallest absolute Gasteiger partial charge is 0.475 e. The molecule has 34 heavy (non-hydrogen) atoms. The standard InChI is InChI=1S/C23H24FNOS.C2HF3O2/c24-20-9-5-4-8-19(20)22(23(26)17-10-11-17)25-13-12-21(27)18(15-25)14-16-6-2-1-3-7-16;3-2(4,5)1(6)7/h1-9,14,17,21-22,27H,10-13,15H2;(H,6,7)/b18-14+;. The van der Waals surface area contributed by atoms with Crippen LogP contribution in [0.25, 0.3) is 6.08 Å². The first-order valence-corrected chi connectivity index (χ1v) is 11.4. The Morgan fingerprint density at radius 3 is 2.18 bits per heavy atom. The van der Waals surface area contributed by atoms with Crippen molar-refractivity contribution in [3.8, 4) is 0 Å². The van der Waals surface area contributed by atoms with Crippen molar-refractivity contribution < 1.29 is 32.3 Å². The van der Waals surface area contributed by atoms with Crippen molar-refractivity contribution in [1.82, 2.24) is 4.90 Å². The Morgan fingerprint density at radius 2 is 1.62 bits per heavy atom. The van der Waals surface area contributed by atoms with E-state index in [0.717, 1.165) is 31.4 Å². The van der Waals surface area contributed by atoms with Gasteiger partial charge in [0.1, 0.15) is 5.82 Å². The minimum Gasteiger partial charge on any atom is -0.475 e. The van der Waals surface area contributed by atoms with Gasteiger partial charge in [0.05, 0.1) is 6.04 Å². The van der Waals surface area contributed by atoms with Crippen LogP contribution in [0, 0.1) is 11.7 Å². The lowest BCUT2D eigenvalue weighted by Gasteiger charge is -2.37. The van der Waals surface area contributed by atoms with Gasteiger partial charge in [-0.1, -0.05) is 54.6 Å². The lowest BCUT2D eigenvalue weighted by atomic mass is 9.93. The summed E-state index contributed by atoms with van der Waals surface area (Å²) < 4.78 is 46.3. The molecule has 2 atom stereocenters. The number of rotatable bonds is 5. The number of hydrogen-bond donors (Lipinski definition) is 2. The third kappa shape index (κ3) is 6.93. The van der Waals surface area contributed by atoms with Gasteiger partial charge in [-0.2, -0.15) is 25.8 Å². The van der Waals surface area contributed by atoms with Gasteiger partial charge in [0, 0.05) is 29.8 Å². The Balaban J connectivity index is 0.000000406. The number of thiol groups is 1. The summed E-state index contributed by atoms with van der Waals surface area (Å²) in [5.74, 6) is -2.80. The van der Waals surface area contributed by atoms with E-state index in [1.165, 1.54) is 11.6 Å². The molecule has 0 bridgehead atoms. The van der Waals surface area contributed by atoms with Crippen molar-refractivity contribution in [2.24, 2.45) is 5.92 Å². The molecule has 182 valence electrons. The number of halogens is 4. The zero-order chi connectivity index (χ0) is 24.9. The molecule has 4 nitrogen and oxygen atoms in total. The molecule has 0 spiro atoms. The molecule has 2 aromatic carbocycles. The molecule has 1 saturated heterocycles. The number of aliphatic carboxylic acids is 1. The van der Waals surface area contributed by atoms with E-state index in [1.807, 2.05) is 24.3 Å². The number of hydrogen-bond acceptors (Lipinski definition) is 4. The number of carboxylic acids is 1. The maximum Gasteiger partial charge on any atom is 0.490 e. The molecular weight excluding hydrogens is 470 g/mol. The second kappa shape index (κ2) is 11.2. The molecule has 1 aliphatic heterocycles. The molecule has 1 aliphatic carbocycles. The van der Waals surface area contributed by atoms with E-state index in [1.54, 1.807) is 12.1 Å². The maximum absolute atomic E-state index is 14.6. The van der Waals surface area contributed by atoms with Crippen LogP contribution >= 0.6 is 12.6 Å². The molecular formula is C25H25F4NO3S. The molecule has 0 radical (unpaired) electrons. The van der Waals surface area contributed by atoms with Crippen molar-refractivity contribution in [2.75, 3.05) is 13.1 Å². The monoisotopic (exact) mass is 495 g/mol. The molecule has 1 saturated carbocycles. The van der Waals surface area contributed by atoms with Crippen LogP contribution in [0.1, 0.15) is 36.4 Å². The number of carbonyl (C=O) groups is 2. The third-order valence-electron chi connectivity index (χ3n) is 5.71. The fourth-order valence-corrected chi connectivity index (χ4v) is 4.11. The van der Waals surface area contributed by atoms with Gasteiger partial charge in [-0.3, -0.25) is 9.69 Å². The molecule has 2 aliphatic rings. The fourth-order valence-electron chi connectivity index (χ4n) is 3.84. The van der Waals surface area contributed by atoms with Crippen molar-refractivity contribution in [3.63, 3.8) is 0 Å². The van der Waals surface area contributed by atoms with Gasteiger partial charge in [-0.25, -0.2) is 9.18 Å². The topological polar surface area (TPSA) is 57.6 Å². The summed E-state index contributed by atoms with van der Waals surface area (Å²) in [6.07, 6.45) is -0.215. The number of nitrogens with zero attached hydrogens (tertiary/aromatic N) is 1. The third-order valence-corrected chi connectivity index (χ3v) is 6.30. The number of benzene rings is 2. The molecule has 2 unspecified atom stereocenters. The Labute approximate surface area is 200 Å². The lowest BCUT2D eigenvalue weighted by Crippen LogP contribution is -2.42. The Hall–Kier alpha value is -2.65. The highest BCUT2D eigenvalue weighted by Gasteiger charge is 2.41. The van der Waals surface area contributed by atoms with Crippen LogP contribution in [-0.4, -0.2) is 46.3 Å². The summed E-state index contributed by atoms with van der Waals surface area (Å²) in [6, 6.07) is 16.4. The summed E-state index contributed by atoms with van der Waals surface area (Å²) in [5.41, 5.74) is 2.82. The first kappa shape index (κ1) is 26.0. The SMILES string of the molecule is O=C(C1CC1)C(c1ccccc1F)N1CCC(S)/C(=C/c2ccccc2)C1.O=C(O)C(F)(F)F. The van der Waals surface area contributed by atoms with E-state index in [-0.39, 0.29) is 22.8 Å². The molecule has 0 aromatic heterocycles. The summed E-state index contributed by atoms with van der Waals surface area (Å²) in [7, 11) is 0. The van der Waals surface area contributed by atoms with Gasteiger partial charge in [0.2, 0.25) is 0 Å². The predicted octanol–water partition coefficient (Wildman–Crippen LogP) is 5.57. The van der Waals surface area contributed by atoms with Gasteiger partial charge in [-0.05, 0) is 36.5 Å². The van der Waals surface area contributed by atoms with E-state index in [0.29, 0.717) is 12.1 Å².